The lowest BCUT2D eigenvalue weighted by molar-refractivity contribution is -0.0883. The second-order valence-electron chi connectivity index (χ2n) is 2.64. The Morgan fingerprint density at radius 1 is 1.44 bits per heavy atom. The minimum atomic E-state index is -5.05. The molecule has 0 saturated carbocycles. The molecule has 0 amide bonds. The molecule has 0 aliphatic rings. The molecule has 1 aromatic rings. The van der Waals surface area contributed by atoms with Gasteiger partial charge in [0.2, 0.25) is 0 Å². The second-order valence-corrected chi connectivity index (χ2v) is 3.69. The lowest BCUT2D eigenvalue weighted by Gasteiger charge is -2.04. The Kier molecular flexibility index (Phi) is 3.22. The molecule has 1 rings (SSSR count). The largest absolute Gasteiger partial charge is 0.495 e. The minimum Gasteiger partial charge on any atom is -0.495 e. The quantitative estimate of drug-likeness (QED) is 0.840. The van der Waals surface area contributed by atoms with Gasteiger partial charge >= 0.3 is 12.1 Å². The summed E-state index contributed by atoms with van der Waals surface area (Å²) < 4.78 is 40.9. The number of aromatic carboxylic acids is 1. The van der Waals surface area contributed by atoms with E-state index in [-0.39, 0.29) is 22.0 Å². The summed E-state index contributed by atoms with van der Waals surface area (Å²) in [4.78, 5) is 20.3. The molecular formula is C8H5F3O4S. The van der Waals surface area contributed by atoms with Gasteiger partial charge in [-0.15, -0.1) is 11.3 Å². The van der Waals surface area contributed by atoms with E-state index in [0.717, 1.165) is 13.2 Å². The van der Waals surface area contributed by atoms with Crippen LogP contribution in [-0.2, 0) is 0 Å². The highest BCUT2D eigenvalue weighted by molar-refractivity contribution is 7.16. The Bertz CT molecular complexity index is 435. The molecule has 88 valence electrons. The number of Topliss-reactive ketones (excluding diaryl/α,β-unsaturated/α-hetero) is 1. The average Bonchev–Trinajstić information content (AvgIpc) is 2.58. The molecule has 0 fully saturated rings. The Balaban J connectivity index is 3.23. The zero-order valence-electron chi connectivity index (χ0n) is 7.79. The summed E-state index contributed by atoms with van der Waals surface area (Å²) in [5.74, 6) is -3.91. The number of hydrogen-bond acceptors (Lipinski definition) is 4. The molecule has 1 heterocycles. The van der Waals surface area contributed by atoms with E-state index in [4.69, 9.17) is 5.11 Å². The van der Waals surface area contributed by atoms with Crippen LogP contribution in [0.4, 0.5) is 13.2 Å². The molecule has 0 aliphatic carbocycles. The maximum atomic E-state index is 12.1. The summed E-state index contributed by atoms with van der Waals surface area (Å²) in [6.07, 6.45) is -5.05. The van der Waals surface area contributed by atoms with E-state index in [1.807, 2.05) is 0 Å². The Labute approximate surface area is 91.3 Å². The first-order valence-corrected chi connectivity index (χ1v) is 4.61. The number of carbonyl (C=O) groups excluding carboxylic acids is 1. The summed E-state index contributed by atoms with van der Waals surface area (Å²) in [6.45, 7) is 0. The smallest absolute Gasteiger partial charge is 0.455 e. The zero-order valence-corrected chi connectivity index (χ0v) is 8.61. The predicted octanol–water partition coefficient (Wildman–Crippen LogP) is 2.20. The predicted molar refractivity (Wildman–Crippen MR) is 48.2 cm³/mol. The first-order valence-electron chi connectivity index (χ1n) is 3.80. The van der Waals surface area contributed by atoms with Gasteiger partial charge in [-0.25, -0.2) is 4.79 Å². The number of methoxy groups -OCH3 is 1. The van der Waals surface area contributed by atoms with E-state index >= 15 is 0 Å². The number of thiophene rings is 1. The maximum Gasteiger partial charge on any atom is 0.455 e. The summed E-state index contributed by atoms with van der Waals surface area (Å²) in [5, 5.41) is 8.57. The van der Waals surface area contributed by atoms with Crippen molar-refractivity contribution in [3.63, 3.8) is 0 Å². The van der Waals surface area contributed by atoms with E-state index in [9.17, 15) is 22.8 Å². The standard InChI is InChI=1S/C8H5F3O4S/c1-15-3-2-4(7(13)14)16-5(3)6(12)8(9,10)11/h2H,1H3,(H,13,14). The van der Waals surface area contributed by atoms with Crippen LogP contribution in [0.5, 0.6) is 5.75 Å². The number of hydrogen-bond donors (Lipinski definition) is 1. The van der Waals surface area contributed by atoms with Crippen LogP contribution in [0, 0.1) is 0 Å². The van der Waals surface area contributed by atoms with Crippen molar-refractivity contribution in [2.24, 2.45) is 0 Å². The normalized spacial score (nSPS) is 11.2. The molecule has 4 nitrogen and oxygen atoms in total. The molecule has 0 aromatic carbocycles. The van der Waals surface area contributed by atoms with Crippen molar-refractivity contribution >= 4 is 23.1 Å². The Morgan fingerprint density at radius 3 is 2.38 bits per heavy atom. The van der Waals surface area contributed by atoms with E-state index in [1.165, 1.54) is 0 Å². The molecular weight excluding hydrogens is 249 g/mol. The fraction of sp³-hybridized carbons (Fsp3) is 0.250. The highest BCUT2D eigenvalue weighted by Crippen LogP contribution is 2.34. The first-order chi connectivity index (χ1) is 7.27. The van der Waals surface area contributed by atoms with Gasteiger partial charge in [0.25, 0.3) is 5.78 Å². The van der Waals surface area contributed by atoms with Crippen molar-refractivity contribution in [2.75, 3.05) is 7.11 Å². The number of alkyl halides is 3. The topological polar surface area (TPSA) is 63.6 Å². The molecule has 0 saturated heterocycles. The van der Waals surface area contributed by atoms with Gasteiger partial charge in [0, 0.05) is 6.07 Å². The monoisotopic (exact) mass is 254 g/mol. The lowest BCUT2D eigenvalue weighted by Crippen LogP contribution is -2.22. The van der Waals surface area contributed by atoms with Gasteiger partial charge in [0.15, 0.2) is 0 Å². The van der Waals surface area contributed by atoms with Gasteiger partial charge in [-0.2, -0.15) is 13.2 Å². The third-order valence-corrected chi connectivity index (χ3v) is 2.70. The Morgan fingerprint density at radius 2 is 2.00 bits per heavy atom. The van der Waals surface area contributed by atoms with E-state index < -0.39 is 22.8 Å². The van der Waals surface area contributed by atoms with Gasteiger partial charge in [0.1, 0.15) is 15.5 Å². The summed E-state index contributed by atoms with van der Waals surface area (Å²) in [5.41, 5.74) is 0. The summed E-state index contributed by atoms with van der Waals surface area (Å²) >= 11 is 0.233. The van der Waals surface area contributed by atoms with Crippen molar-refractivity contribution in [2.45, 2.75) is 6.18 Å². The highest BCUT2D eigenvalue weighted by atomic mass is 32.1. The molecule has 0 spiro atoms. The average molecular weight is 254 g/mol. The van der Waals surface area contributed by atoms with Crippen LogP contribution in [0.1, 0.15) is 19.3 Å². The van der Waals surface area contributed by atoms with Gasteiger partial charge in [0.05, 0.1) is 7.11 Å². The minimum absolute atomic E-state index is 0.233. The lowest BCUT2D eigenvalue weighted by atomic mass is 10.3. The molecule has 16 heavy (non-hydrogen) atoms. The van der Waals surface area contributed by atoms with E-state index in [1.54, 1.807) is 0 Å². The highest BCUT2D eigenvalue weighted by Gasteiger charge is 2.42. The second kappa shape index (κ2) is 4.12. The van der Waals surface area contributed by atoms with Crippen molar-refractivity contribution < 1.29 is 32.6 Å². The molecule has 8 heteroatoms. The first kappa shape index (κ1) is 12.5. The van der Waals surface area contributed by atoms with Crippen LogP contribution >= 0.6 is 11.3 Å². The molecule has 0 radical (unpaired) electrons. The Hall–Kier alpha value is -1.57. The fourth-order valence-corrected chi connectivity index (χ4v) is 1.84. The number of rotatable bonds is 3. The molecule has 0 atom stereocenters. The summed E-state index contributed by atoms with van der Waals surface area (Å²) in [7, 11) is 1.06. The van der Waals surface area contributed by atoms with Gasteiger partial charge < -0.3 is 9.84 Å². The van der Waals surface area contributed by atoms with Gasteiger partial charge in [-0.1, -0.05) is 0 Å². The molecule has 1 N–H and O–H groups in total. The fourth-order valence-electron chi connectivity index (χ4n) is 0.918. The van der Waals surface area contributed by atoms with Crippen molar-refractivity contribution in [3.05, 3.63) is 15.8 Å². The van der Waals surface area contributed by atoms with Crippen LogP contribution in [0.15, 0.2) is 6.07 Å². The summed E-state index contributed by atoms with van der Waals surface area (Å²) in [6, 6.07) is 0.881. The third-order valence-electron chi connectivity index (χ3n) is 1.59. The van der Waals surface area contributed by atoms with Crippen LogP contribution < -0.4 is 4.74 Å². The number of ether oxygens (including phenoxy) is 1. The van der Waals surface area contributed by atoms with Crippen molar-refractivity contribution in [1.29, 1.82) is 0 Å². The van der Waals surface area contributed by atoms with Crippen LogP contribution in [0.3, 0.4) is 0 Å². The van der Waals surface area contributed by atoms with E-state index in [0.29, 0.717) is 0 Å². The van der Waals surface area contributed by atoms with Crippen molar-refractivity contribution in [3.8, 4) is 5.75 Å². The number of carboxylic acids is 1. The number of ketones is 1. The SMILES string of the molecule is COc1cc(C(=O)O)sc1C(=O)C(F)(F)F. The molecule has 0 aliphatic heterocycles. The molecule has 0 bridgehead atoms. The molecule has 0 unspecified atom stereocenters. The maximum absolute atomic E-state index is 12.1. The number of carboxylic acid groups (broad SMARTS) is 1. The third kappa shape index (κ3) is 2.32. The number of carbonyl (C=O) groups is 2. The van der Waals surface area contributed by atoms with E-state index in [2.05, 4.69) is 4.74 Å². The van der Waals surface area contributed by atoms with Crippen molar-refractivity contribution in [1.82, 2.24) is 0 Å². The van der Waals surface area contributed by atoms with Crippen LogP contribution in [0.25, 0.3) is 0 Å². The van der Waals surface area contributed by atoms with Crippen LogP contribution in [-0.4, -0.2) is 30.1 Å². The zero-order chi connectivity index (χ0) is 12.5. The van der Waals surface area contributed by atoms with Crippen LogP contribution in [0.2, 0.25) is 0 Å². The van der Waals surface area contributed by atoms with Gasteiger partial charge in [-0.3, -0.25) is 4.79 Å². The molecule has 1 aromatic heterocycles. The van der Waals surface area contributed by atoms with Gasteiger partial charge in [-0.05, 0) is 0 Å². The number of halogens is 3.